The molecule has 0 spiro atoms. The van der Waals surface area contributed by atoms with Crippen molar-refractivity contribution in [3.8, 4) is 5.75 Å². The second kappa shape index (κ2) is 12.6. The van der Waals surface area contributed by atoms with Gasteiger partial charge in [0.25, 0.3) is 0 Å². The van der Waals surface area contributed by atoms with E-state index in [1.165, 1.54) is 24.3 Å². The summed E-state index contributed by atoms with van der Waals surface area (Å²) < 4.78 is 0. The largest absolute Gasteiger partial charge is 0.508 e. The minimum Gasteiger partial charge on any atom is -0.508 e. The molecule has 180 valence electrons. The highest BCUT2D eigenvalue weighted by Gasteiger charge is 2.27. The summed E-state index contributed by atoms with van der Waals surface area (Å²) in [4.78, 5) is 69.6. The monoisotopic (exact) mass is 467 g/mol. The topological polar surface area (TPSA) is 251 Å². The van der Waals surface area contributed by atoms with Gasteiger partial charge in [0.05, 0.1) is 25.4 Å². The molecule has 14 nitrogen and oxygen atoms in total. The summed E-state index contributed by atoms with van der Waals surface area (Å²) in [7, 11) is 0. The Morgan fingerprint density at radius 3 is 2.00 bits per heavy atom. The lowest BCUT2D eigenvalue weighted by Crippen LogP contribution is -2.54. The van der Waals surface area contributed by atoms with E-state index in [9.17, 15) is 39.0 Å². The van der Waals surface area contributed by atoms with Gasteiger partial charge < -0.3 is 42.7 Å². The second-order valence-electron chi connectivity index (χ2n) is 6.98. The number of carbonyl (C=O) groups excluding carboxylic acids is 4. The number of hydrogen-bond acceptors (Lipinski definition) is 8. The number of benzene rings is 1. The molecule has 1 aromatic rings. The van der Waals surface area contributed by atoms with Crippen LogP contribution in [0.15, 0.2) is 24.3 Å². The zero-order valence-electron chi connectivity index (χ0n) is 17.3. The molecule has 3 atom stereocenters. The first-order chi connectivity index (χ1) is 15.4. The van der Waals surface area contributed by atoms with Crippen molar-refractivity contribution >= 4 is 35.6 Å². The Labute approximate surface area is 187 Å². The van der Waals surface area contributed by atoms with Crippen LogP contribution in [0.25, 0.3) is 0 Å². The molecule has 3 unspecified atom stereocenters. The van der Waals surface area contributed by atoms with Crippen molar-refractivity contribution in [2.75, 3.05) is 6.54 Å². The Balaban J connectivity index is 2.69. The highest BCUT2D eigenvalue weighted by molar-refractivity contribution is 5.95. The lowest BCUT2D eigenvalue weighted by molar-refractivity contribution is -0.142. The molecule has 1 rings (SSSR count). The molecule has 0 saturated heterocycles. The average molecular weight is 467 g/mol. The third-order valence-corrected chi connectivity index (χ3v) is 4.20. The van der Waals surface area contributed by atoms with Gasteiger partial charge in [0.2, 0.25) is 23.6 Å². The van der Waals surface area contributed by atoms with Gasteiger partial charge in [-0.3, -0.25) is 24.0 Å². The fourth-order valence-electron chi connectivity index (χ4n) is 2.58. The van der Waals surface area contributed by atoms with E-state index in [0.717, 1.165) is 0 Å². The van der Waals surface area contributed by atoms with Crippen LogP contribution < -0.4 is 27.4 Å². The van der Waals surface area contributed by atoms with Gasteiger partial charge in [0.15, 0.2) is 0 Å². The number of nitrogens with one attached hydrogen (secondary N) is 3. The summed E-state index contributed by atoms with van der Waals surface area (Å²) in [6.45, 7) is -0.711. The van der Waals surface area contributed by atoms with Crippen molar-refractivity contribution in [1.82, 2.24) is 16.0 Å². The van der Waals surface area contributed by atoms with Crippen molar-refractivity contribution in [2.45, 2.75) is 37.4 Å². The number of aromatic hydroxyl groups is 1. The van der Waals surface area contributed by atoms with E-state index in [1.807, 2.05) is 0 Å². The molecular formula is C19H25N5O9. The van der Waals surface area contributed by atoms with Crippen LogP contribution in [0.5, 0.6) is 5.75 Å². The maximum Gasteiger partial charge on any atom is 0.326 e. The fourth-order valence-corrected chi connectivity index (χ4v) is 2.58. The fraction of sp³-hybridized carbons (Fsp3) is 0.368. The smallest absolute Gasteiger partial charge is 0.326 e. The molecule has 0 aliphatic heterocycles. The summed E-state index contributed by atoms with van der Waals surface area (Å²) in [6.07, 6.45) is -1.49. The van der Waals surface area contributed by atoms with Gasteiger partial charge in [0.1, 0.15) is 17.8 Å². The molecule has 4 amide bonds. The van der Waals surface area contributed by atoms with Gasteiger partial charge in [-0.05, 0) is 17.7 Å². The number of amides is 4. The van der Waals surface area contributed by atoms with E-state index in [1.54, 1.807) is 0 Å². The van der Waals surface area contributed by atoms with Gasteiger partial charge in [-0.1, -0.05) is 12.1 Å². The van der Waals surface area contributed by atoms with Gasteiger partial charge in [-0.2, -0.15) is 0 Å². The Hall–Kier alpha value is -4.20. The Morgan fingerprint density at radius 1 is 0.879 bits per heavy atom. The van der Waals surface area contributed by atoms with Gasteiger partial charge in [-0.15, -0.1) is 0 Å². The zero-order valence-corrected chi connectivity index (χ0v) is 17.3. The van der Waals surface area contributed by atoms with Crippen LogP contribution in [0.2, 0.25) is 0 Å². The number of primary amides is 1. The first kappa shape index (κ1) is 26.8. The SMILES string of the molecule is NC(=O)CC(N)C(=O)NC(CC(=O)O)C(=O)NCC(=O)NC(Cc1ccc(O)cc1)C(=O)O. The molecule has 0 bridgehead atoms. The molecule has 14 heteroatoms. The summed E-state index contributed by atoms with van der Waals surface area (Å²) in [5, 5.41) is 33.9. The first-order valence-electron chi connectivity index (χ1n) is 9.52. The van der Waals surface area contributed by atoms with Gasteiger partial charge in [0, 0.05) is 6.42 Å². The summed E-state index contributed by atoms with van der Waals surface area (Å²) in [5.41, 5.74) is 10.9. The summed E-state index contributed by atoms with van der Waals surface area (Å²) in [6, 6.07) is 1.27. The minimum absolute atomic E-state index is 0.0176. The third-order valence-electron chi connectivity index (χ3n) is 4.20. The molecule has 0 fully saturated rings. The number of phenolic OH excluding ortho intramolecular Hbond substituents is 1. The predicted molar refractivity (Wildman–Crippen MR) is 110 cm³/mol. The predicted octanol–water partition coefficient (Wildman–Crippen LogP) is -3.22. The molecule has 0 aromatic heterocycles. The van der Waals surface area contributed by atoms with Crippen molar-refractivity contribution in [3.63, 3.8) is 0 Å². The third kappa shape index (κ3) is 10.1. The highest BCUT2D eigenvalue weighted by Crippen LogP contribution is 2.11. The van der Waals surface area contributed by atoms with E-state index in [4.69, 9.17) is 16.6 Å². The van der Waals surface area contributed by atoms with E-state index in [-0.39, 0.29) is 12.2 Å². The summed E-state index contributed by atoms with van der Waals surface area (Å²) >= 11 is 0. The van der Waals surface area contributed by atoms with Crippen molar-refractivity contribution < 1.29 is 44.1 Å². The van der Waals surface area contributed by atoms with Gasteiger partial charge in [-0.25, -0.2) is 4.79 Å². The molecular weight excluding hydrogens is 442 g/mol. The van der Waals surface area contributed by atoms with Gasteiger partial charge >= 0.3 is 11.9 Å². The number of aliphatic carboxylic acids is 2. The number of hydrogen-bond donors (Lipinski definition) is 8. The Kier molecular flexibility index (Phi) is 10.3. The lowest BCUT2D eigenvalue weighted by Gasteiger charge is -2.19. The van der Waals surface area contributed by atoms with Crippen molar-refractivity contribution in [2.24, 2.45) is 11.5 Å². The van der Waals surface area contributed by atoms with E-state index >= 15 is 0 Å². The van der Waals surface area contributed by atoms with E-state index in [2.05, 4.69) is 16.0 Å². The molecule has 33 heavy (non-hydrogen) atoms. The van der Waals surface area contributed by atoms with Crippen LogP contribution in [0.3, 0.4) is 0 Å². The lowest BCUT2D eigenvalue weighted by atomic mass is 10.1. The minimum atomic E-state index is -1.62. The molecule has 0 aliphatic rings. The maximum atomic E-state index is 12.3. The number of carbonyl (C=O) groups is 6. The second-order valence-corrected chi connectivity index (χ2v) is 6.98. The van der Waals surface area contributed by atoms with Crippen LogP contribution in [-0.2, 0) is 35.2 Å². The van der Waals surface area contributed by atoms with Crippen molar-refractivity contribution in [1.29, 1.82) is 0 Å². The number of nitrogens with two attached hydrogens (primary N) is 2. The Morgan fingerprint density at radius 2 is 1.48 bits per heavy atom. The van der Waals surface area contributed by atoms with Crippen LogP contribution in [0.1, 0.15) is 18.4 Å². The van der Waals surface area contributed by atoms with E-state index < -0.39 is 73.1 Å². The molecule has 0 saturated carbocycles. The average Bonchev–Trinajstić information content (AvgIpc) is 2.71. The van der Waals surface area contributed by atoms with Crippen LogP contribution in [0, 0.1) is 0 Å². The number of carboxylic acid groups (broad SMARTS) is 2. The molecule has 1 aromatic carbocycles. The number of rotatable bonds is 13. The molecule has 0 heterocycles. The molecule has 0 aliphatic carbocycles. The Bertz CT molecular complexity index is 903. The quantitative estimate of drug-likeness (QED) is 0.144. The summed E-state index contributed by atoms with van der Waals surface area (Å²) in [5.74, 6) is -6.62. The first-order valence-corrected chi connectivity index (χ1v) is 9.52. The normalized spacial score (nSPS) is 13.1. The number of carboxylic acids is 2. The van der Waals surface area contributed by atoms with Crippen LogP contribution >= 0.6 is 0 Å². The molecule has 10 N–H and O–H groups in total. The van der Waals surface area contributed by atoms with Crippen LogP contribution in [-0.4, -0.2) is 75.6 Å². The van der Waals surface area contributed by atoms with E-state index in [0.29, 0.717) is 5.56 Å². The zero-order chi connectivity index (χ0) is 25.1. The molecule has 0 radical (unpaired) electrons. The standard InChI is InChI=1S/C19H25N5O9/c20-11(6-14(21)26)17(30)24-12(7-16(28)29)18(31)22-8-15(27)23-13(19(32)33)5-9-1-3-10(25)4-2-9/h1-4,11-13,25H,5-8,20H2,(H2,21,26)(H,22,31)(H,23,27)(H,24,30)(H,28,29)(H,32,33). The highest BCUT2D eigenvalue weighted by atomic mass is 16.4. The van der Waals surface area contributed by atoms with Crippen LogP contribution in [0.4, 0.5) is 0 Å². The van der Waals surface area contributed by atoms with Crippen molar-refractivity contribution in [3.05, 3.63) is 29.8 Å². The maximum absolute atomic E-state index is 12.3. The number of phenols is 1.